The van der Waals surface area contributed by atoms with Gasteiger partial charge in [-0.3, -0.25) is 0 Å². The van der Waals surface area contributed by atoms with E-state index in [0.29, 0.717) is 28.8 Å². The zero-order valence-electron chi connectivity index (χ0n) is 13.6. The molecule has 1 saturated heterocycles. The Bertz CT molecular complexity index is 858. The SMILES string of the molecule is Cc1cc(-c2noc(-c3ncn(C4CCCNC4)n3)n2)ccc1F.Cl. The van der Waals surface area contributed by atoms with Crippen LogP contribution in [0, 0.1) is 12.7 Å². The largest absolute Gasteiger partial charge is 0.330 e. The molecule has 25 heavy (non-hydrogen) atoms. The third-order valence-corrected chi connectivity index (χ3v) is 4.19. The summed E-state index contributed by atoms with van der Waals surface area (Å²) in [5, 5.41) is 11.7. The molecule has 4 rings (SSSR count). The van der Waals surface area contributed by atoms with Gasteiger partial charge in [-0.05, 0) is 50.1 Å². The van der Waals surface area contributed by atoms with Crippen LogP contribution >= 0.6 is 12.4 Å². The summed E-state index contributed by atoms with van der Waals surface area (Å²) >= 11 is 0. The van der Waals surface area contributed by atoms with E-state index >= 15 is 0 Å². The Morgan fingerprint density at radius 2 is 2.20 bits per heavy atom. The molecule has 1 aromatic carbocycles. The summed E-state index contributed by atoms with van der Waals surface area (Å²) in [6.07, 6.45) is 3.88. The van der Waals surface area contributed by atoms with E-state index < -0.39 is 0 Å². The maximum Gasteiger partial charge on any atom is 0.297 e. The number of benzene rings is 1. The van der Waals surface area contributed by atoms with Gasteiger partial charge in [-0.15, -0.1) is 17.5 Å². The Kier molecular flexibility index (Phi) is 5.10. The zero-order valence-corrected chi connectivity index (χ0v) is 14.5. The van der Waals surface area contributed by atoms with Crippen molar-refractivity contribution in [1.29, 1.82) is 0 Å². The maximum absolute atomic E-state index is 13.4. The van der Waals surface area contributed by atoms with Gasteiger partial charge < -0.3 is 9.84 Å². The van der Waals surface area contributed by atoms with Gasteiger partial charge in [0.1, 0.15) is 12.1 Å². The van der Waals surface area contributed by atoms with Crippen molar-refractivity contribution in [1.82, 2.24) is 30.2 Å². The first-order chi connectivity index (χ1) is 11.7. The van der Waals surface area contributed by atoms with Crippen LogP contribution in [0.25, 0.3) is 23.1 Å². The quantitative estimate of drug-likeness (QED) is 0.769. The molecule has 1 N–H and O–H groups in total. The van der Waals surface area contributed by atoms with E-state index in [4.69, 9.17) is 4.52 Å². The predicted molar refractivity (Wildman–Crippen MR) is 91.8 cm³/mol. The molecule has 0 bridgehead atoms. The van der Waals surface area contributed by atoms with E-state index in [1.807, 2.05) is 4.68 Å². The monoisotopic (exact) mass is 364 g/mol. The number of hydrogen-bond acceptors (Lipinski definition) is 6. The van der Waals surface area contributed by atoms with E-state index in [-0.39, 0.29) is 24.1 Å². The van der Waals surface area contributed by atoms with Gasteiger partial charge in [0, 0.05) is 12.1 Å². The van der Waals surface area contributed by atoms with Gasteiger partial charge in [0.2, 0.25) is 11.6 Å². The smallest absolute Gasteiger partial charge is 0.297 e. The van der Waals surface area contributed by atoms with Crippen molar-refractivity contribution in [2.75, 3.05) is 13.1 Å². The molecule has 1 unspecified atom stereocenters. The number of hydrogen-bond donors (Lipinski definition) is 1. The molecular formula is C16H18ClFN6O. The van der Waals surface area contributed by atoms with Gasteiger partial charge in [0.05, 0.1) is 6.04 Å². The van der Waals surface area contributed by atoms with Crippen molar-refractivity contribution in [3.05, 3.63) is 35.9 Å². The molecule has 0 aliphatic carbocycles. The van der Waals surface area contributed by atoms with Crippen molar-refractivity contribution in [3.8, 4) is 23.1 Å². The van der Waals surface area contributed by atoms with E-state index in [0.717, 1.165) is 25.9 Å². The summed E-state index contributed by atoms with van der Waals surface area (Å²) in [5.74, 6) is 0.792. The van der Waals surface area contributed by atoms with Gasteiger partial charge in [-0.25, -0.2) is 14.1 Å². The van der Waals surface area contributed by atoms with E-state index in [1.54, 1.807) is 25.4 Å². The van der Waals surface area contributed by atoms with Crippen molar-refractivity contribution in [2.24, 2.45) is 0 Å². The zero-order chi connectivity index (χ0) is 16.5. The van der Waals surface area contributed by atoms with Crippen LogP contribution in [0.1, 0.15) is 24.4 Å². The fourth-order valence-electron chi connectivity index (χ4n) is 2.82. The lowest BCUT2D eigenvalue weighted by atomic mass is 10.1. The molecule has 3 aromatic rings. The first-order valence-corrected chi connectivity index (χ1v) is 7.93. The molecule has 1 aliphatic heterocycles. The van der Waals surface area contributed by atoms with Crippen molar-refractivity contribution in [2.45, 2.75) is 25.8 Å². The van der Waals surface area contributed by atoms with Gasteiger partial charge in [-0.1, -0.05) is 5.16 Å². The number of aryl methyl sites for hydroxylation is 1. The lowest BCUT2D eigenvalue weighted by Gasteiger charge is -2.22. The molecule has 0 spiro atoms. The minimum absolute atomic E-state index is 0. The standard InChI is InChI=1S/C16H17FN6O.ClH/c1-10-7-11(4-5-13(10)17)14-20-16(24-22-14)15-19-9-23(21-15)12-3-2-6-18-8-12;/h4-5,7,9,12,18H,2-3,6,8H2,1H3;1H. The van der Waals surface area contributed by atoms with Crippen LogP contribution in [0.3, 0.4) is 0 Å². The Labute approximate surface area is 150 Å². The van der Waals surface area contributed by atoms with Gasteiger partial charge in [0.15, 0.2) is 0 Å². The molecule has 7 nitrogen and oxygen atoms in total. The van der Waals surface area contributed by atoms with Gasteiger partial charge in [-0.2, -0.15) is 4.98 Å². The van der Waals surface area contributed by atoms with E-state index in [1.165, 1.54) is 6.07 Å². The molecule has 1 fully saturated rings. The van der Waals surface area contributed by atoms with Crippen LogP contribution in [-0.2, 0) is 0 Å². The molecule has 0 amide bonds. The molecule has 9 heteroatoms. The number of nitrogens with one attached hydrogen (secondary N) is 1. The molecule has 3 heterocycles. The van der Waals surface area contributed by atoms with Crippen molar-refractivity contribution in [3.63, 3.8) is 0 Å². The molecule has 0 radical (unpaired) electrons. The Morgan fingerprint density at radius 3 is 2.96 bits per heavy atom. The summed E-state index contributed by atoms with van der Waals surface area (Å²) in [5.41, 5.74) is 1.23. The van der Waals surface area contributed by atoms with Crippen LogP contribution in [-0.4, -0.2) is 38.0 Å². The summed E-state index contributed by atoms with van der Waals surface area (Å²) in [7, 11) is 0. The van der Waals surface area contributed by atoms with E-state index in [9.17, 15) is 4.39 Å². The molecule has 0 saturated carbocycles. The average molecular weight is 365 g/mol. The summed E-state index contributed by atoms with van der Waals surface area (Å²) in [6.45, 7) is 3.62. The summed E-state index contributed by atoms with van der Waals surface area (Å²) < 4.78 is 20.5. The first-order valence-electron chi connectivity index (χ1n) is 7.93. The number of piperidine rings is 1. The lowest BCUT2D eigenvalue weighted by Crippen LogP contribution is -2.31. The minimum Gasteiger partial charge on any atom is -0.330 e. The lowest BCUT2D eigenvalue weighted by molar-refractivity contribution is 0.345. The van der Waals surface area contributed by atoms with Gasteiger partial charge >= 0.3 is 0 Å². The molecule has 1 aliphatic rings. The van der Waals surface area contributed by atoms with Crippen LogP contribution in [0.15, 0.2) is 29.0 Å². The van der Waals surface area contributed by atoms with E-state index in [2.05, 4.69) is 25.5 Å². The van der Waals surface area contributed by atoms with Crippen LogP contribution < -0.4 is 5.32 Å². The highest BCUT2D eigenvalue weighted by Gasteiger charge is 2.19. The molecular weight excluding hydrogens is 347 g/mol. The third-order valence-electron chi connectivity index (χ3n) is 4.19. The normalized spacial score (nSPS) is 17.3. The second-order valence-corrected chi connectivity index (χ2v) is 5.94. The number of halogens is 2. The van der Waals surface area contributed by atoms with Crippen LogP contribution in [0.4, 0.5) is 4.39 Å². The average Bonchev–Trinajstić information content (AvgIpc) is 3.27. The Balaban J connectivity index is 0.00000182. The van der Waals surface area contributed by atoms with Crippen molar-refractivity contribution < 1.29 is 8.91 Å². The Morgan fingerprint density at radius 1 is 1.32 bits per heavy atom. The molecule has 132 valence electrons. The number of rotatable bonds is 3. The summed E-state index contributed by atoms with van der Waals surface area (Å²) in [4.78, 5) is 8.59. The molecule has 2 aromatic heterocycles. The highest BCUT2D eigenvalue weighted by Crippen LogP contribution is 2.23. The first kappa shape index (κ1) is 17.5. The topological polar surface area (TPSA) is 81.7 Å². The number of nitrogens with zero attached hydrogens (tertiary/aromatic N) is 5. The minimum atomic E-state index is -0.260. The predicted octanol–water partition coefficient (Wildman–Crippen LogP) is 2.79. The Hall–Kier alpha value is -2.32. The third kappa shape index (κ3) is 3.54. The highest BCUT2D eigenvalue weighted by atomic mass is 35.5. The van der Waals surface area contributed by atoms with Gasteiger partial charge in [0.25, 0.3) is 5.89 Å². The van der Waals surface area contributed by atoms with Crippen LogP contribution in [0.5, 0.6) is 0 Å². The second kappa shape index (κ2) is 7.28. The maximum atomic E-state index is 13.4. The highest BCUT2D eigenvalue weighted by molar-refractivity contribution is 5.85. The second-order valence-electron chi connectivity index (χ2n) is 5.94. The fraction of sp³-hybridized carbons (Fsp3) is 0.375. The number of aromatic nitrogens is 5. The summed E-state index contributed by atoms with van der Waals surface area (Å²) in [6, 6.07) is 4.99. The van der Waals surface area contributed by atoms with Crippen LogP contribution in [0.2, 0.25) is 0 Å². The molecule has 1 atom stereocenters. The fourth-order valence-corrected chi connectivity index (χ4v) is 2.82. The van der Waals surface area contributed by atoms with Crippen molar-refractivity contribution >= 4 is 12.4 Å².